The van der Waals surface area contributed by atoms with E-state index < -0.39 is 0 Å². The van der Waals surface area contributed by atoms with E-state index in [1.807, 2.05) is 0 Å². The zero-order chi connectivity index (χ0) is 11.5. The van der Waals surface area contributed by atoms with Crippen LogP contribution in [0.5, 0.6) is 0 Å². The lowest BCUT2D eigenvalue weighted by Crippen LogP contribution is -2.30. The molecule has 4 nitrogen and oxygen atoms in total. The minimum Gasteiger partial charge on any atom is -0.315 e. The predicted molar refractivity (Wildman–Crippen MR) is 67.5 cm³/mol. The van der Waals surface area contributed by atoms with Crippen LogP contribution in [0.3, 0.4) is 0 Å². The second kappa shape index (κ2) is 10.4. The van der Waals surface area contributed by atoms with Crippen molar-refractivity contribution in [2.24, 2.45) is 0 Å². The zero-order valence-electron chi connectivity index (χ0n) is 10.8. The van der Waals surface area contributed by atoms with E-state index in [0.29, 0.717) is 0 Å². The van der Waals surface area contributed by atoms with Gasteiger partial charge in [0.2, 0.25) is 0 Å². The van der Waals surface area contributed by atoms with E-state index in [4.69, 9.17) is 0 Å². The molecule has 2 N–H and O–H groups in total. The van der Waals surface area contributed by atoms with E-state index in [0.717, 1.165) is 39.3 Å². The van der Waals surface area contributed by atoms with Crippen LogP contribution in [0.4, 0.5) is 0 Å². The van der Waals surface area contributed by atoms with Gasteiger partial charge in [-0.05, 0) is 47.7 Å². The molecular formula is C11H28N4. The lowest BCUT2D eigenvalue weighted by molar-refractivity contribution is 0.392. The topological polar surface area (TPSA) is 30.5 Å². The minimum absolute atomic E-state index is 1.09. The molecule has 0 saturated heterocycles. The number of likely N-dealkylation sites (N-methyl/N-ethyl adjacent to an activating group) is 2. The van der Waals surface area contributed by atoms with E-state index >= 15 is 0 Å². The molecule has 0 rings (SSSR count). The number of nitrogens with one attached hydrogen (secondary N) is 2. The first kappa shape index (κ1) is 14.8. The molecule has 15 heavy (non-hydrogen) atoms. The highest BCUT2D eigenvalue weighted by Gasteiger charge is 1.91. The Balaban J connectivity index is 2.93. The fraction of sp³-hybridized carbons (Fsp3) is 1.00. The summed E-state index contributed by atoms with van der Waals surface area (Å²) >= 11 is 0. The van der Waals surface area contributed by atoms with Crippen LogP contribution in [0.1, 0.15) is 6.42 Å². The van der Waals surface area contributed by atoms with Crippen molar-refractivity contribution in [3.8, 4) is 0 Å². The molecule has 0 bridgehead atoms. The average Bonchev–Trinajstić information content (AvgIpc) is 2.14. The molecule has 0 atom stereocenters. The van der Waals surface area contributed by atoms with Gasteiger partial charge >= 0.3 is 0 Å². The maximum Gasteiger partial charge on any atom is 0.0101 e. The SMILES string of the molecule is CN(C)CCNCCCNCCN(C)C. The largest absolute Gasteiger partial charge is 0.315 e. The van der Waals surface area contributed by atoms with Gasteiger partial charge in [0.05, 0.1) is 0 Å². The average molecular weight is 216 g/mol. The van der Waals surface area contributed by atoms with Crippen LogP contribution in [-0.4, -0.2) is 77.3 Å². The highest BCUT2D eigenvalue weighted by atomic mass is 15.1. The van der Waals surface area contributed by atoms with Crippen molar-refractivity contribution in [1.29, 1.82) is 0 Å². The van der Waals surface area contributed by atoms with Gasteiger partial charge in [-0.3, -0.25) is 0 Å². The highest BCUT2D eigenvalue weighted by Crippen LogP contribution is 1.76. The molecular weight excluding hydrogens is 188 g/mol. The molecule has 0 spiro atoms. The van der Waals surface area contributed by atoms with Crippen LogP contribution in [0.25, 0.3) is 0 Å². The van der Waals surface area contributed by atoms with Crippen molar-refractivity contribution in [2.45, 2.75) is 6.42 Å². The summed E-state index contributed by atoms with van der Waals surface area (Å²) in [5, 5.41) is 6.85. The summed E-state index contributed by atoms with van der Waals surface area (Å²) in [5.74, 6) is 0. The van der Waals surface area contributed by atoms with Crippen LogP contribution < -0.4 is 10.6 Å². The second-order valence-corrected chi connectivity index (χ2v) is 4.46. The maximum absolute atomic E-state index is 3.42. The van der Waals surface area contributed by atoms with Gasteiger partial charge in [-0.2, -0.15) is 0 Å². The van der Waals surface area contributed by atoms with Gasteiger partial charge in [-0.1, -0.05) is 0 Å². The van der Waals surface area contributed by atoms with Gasteiger partial charge in [-0.15, -0.1) is 0 Å². The van der Waals surface area contributed by atoms with Crippen molar-refractivity contribution in [2.75, 3.05) is 67.5 Å². The lowest BCUT2D eigenvalue weighted by atomic mass is 10.4. The first-order valence-corrected chi connectivity index (χ1v) is 5.84. The number of hydrogen-bond donors (Lipinski definition) is 2. The first-order valence-electron chi connectivity index (χ1n) is 5.84. The van der Waals surface area contributed by atoms with E-state index in [-0.39, 0.29) is 0 Å². The smallest absolute Gasteiger partial charge is 0.0101 e. The normalized spacial score (nSPS) is 11.6. The molecule has 0 radical (unpaired) electrons. The molecule has 0 aromatic rings. The standard InChI is InChI=1S/C11H28N4/c1-14(2)10-8-12-6-5-7-13-9-11-15(3)4/h12-13H,5-11H2,1-4H3. The molecule has 0 aliphatic heterocycles. The van der Waals surface area contributed by atoms with Crippen LogP contribution in [0.2, 0.25) is 0 Å². The summed E-state index contributed by atoms with van der Waals surface area (Å²) in [6.45, 7) is 6.64. The third-order valence-corrected chi connectivity index (χ3v) is 2.18. The Morgan fingerprint density at radius 1 is 0.667 bits per heavy atom. The van der Waals surface area contributed by atoms with Crippen molar-refractivity contribution < 1.29 is 0 Å². The Morgan fingerprint density at radius 3 is 1.40 bits per heavy atom. The van der Waals surface area contributed by atoms with E-state index in [1.54, 1.807) is 0 Å². The fourth-order valence-electron chi connectivity index (χ4n) is 1.19. The summed E-state index contributed by atoms with van der Waals surface area (Å²) in [5.41, 5.74) is 0. The predicted octanol–water partition coefficient (Wildman–Crippen LogP) is -0.321. The monoisotopic (exact) mass is 216 g/mol. The van der Waals surface area contributed by atoms with E-state index in [1.165, 1.54) is 6.42 Å². The summed E-state index contributed by atoms with van der Waals surface area (Å²) < 4.78 is 0. The van der Waals surface area contributed by atoms with Crippen molar-refractivity contribution in [3.63, 3.8) is 0 Å². The summed E-state index contributed by atoms with van der Waals surface area (Å²) in [4.78, 5) is 4.39. The van der Waals surface area contributed by atoms with Crippen LogP contribution in [-0.2, 0) is 0 Å². The van der Waals surface area contributed by atoms with Gasteiger partial charge in [0.25, 0.3) is 0 Å². The Bertz CT molecular complexity index is 112. The lowest BCUT2D eigenvalue weighted by Gasteiger charge is -2.11. The molecule has 0 unspecified atom stereocenters. The minimum atomic E-state index is 1.09. The van der Waals surface area contributed by atoms with Gasteiger partial charge in [0.1, 0.15) is 0 Å². The fourth-order valence-corrected chi connectivity index (χ4v) is 1.19. The molecule has 92 valence electrons. The van der Waals surface area contributed by atoms with Gasteiger partial charge in [0.15, 0.2) is 0 Å². The highest BCUT2D eigenvalue weighted by molar-refractivity contribution is 4.54. The number of hydrogen-bond acceptors (Lipinski definition) is 4. The third kappa shape index (κ3) is 13.8. The Hall–Kier alpha value is -0.160. The summed E-state index contributed by atoms with van der Waals surface area (Å²) in [6, 6.07) is 0. The molecule has 0 aromatic heterocycles. The molecule has 0 aliphatic carbocycles. The van der Waals surface area contributed by atoms with Crippen molar-refractivity contribution in [3.05, 3.63) is 0 Å². The summed E-state index contributed by atoms with van der Waals surface area (Å²) in [7, 11) is 8.41. The van der Waals surface area contributed by atoms with Crippen LogP contribution >= 0.6 is 0 Å². The molecule has 0 saturated carbocycles. The molecule has 0 fully saturated rings. The third-order valence-electron chi connectivity index (χ3n) is 2.18. The first-order chi connectivity index (χ1) is 7.13. The number of rotatable bonds is 10. The quantitative estimate of drug-likeness (QED) is 0.490. The number of nitrogens with zero attached hydrogens (tertiary/aromatic N) is 2. The van der Waals surface area contributed by atoms with Gasteiger partial charge < -0.3 is 20.4 Å². The molecule has 0 amide bonds. The van der Waals surface area contributed by atoms with Gasteiger partial charge in [0, 0.05) is 26.2 Å². The van der Waals surface area contributed by atoms with Crippen molar-refractivity contribution >= 4 is 0 Å². The zero-order valence-corrected chi connectivity index (χ0v) is 10.8. The summed E-state index contributed by atoms with van der Waals surface area (Å²) in [6.07, 6.45) is 1.21. The van der Waals surface area contributed by atoms with Crippen LogP contribution in [0, 0.1) is 0 Å². The molecule has 4 heteroatoms. The van der Waals surface area contributed by atoms with Gasteiger partial charge in [-0.25, -0.2) is 0 Å². The van der Waals surface area contributed by atoms with E-state index in [2.05, 4.69) is 48.6 Å². The van der Waals surface area contributed by atoms with Crippen LogP contribution in [0.15, 0.2) is 0 Å². The Labute approximate surface area is 95.0 Å². The van der Waals surface area contributed by atoms with Crippen molar-refractivity contribution in [1.82, 2.24) is 20.4 Å². The maximum atomic E-state index is 3.42. The second-order valence-electron chi connectivity index (χ2n) is 4.46. The molecule has 0 heterocycles. The molecule has 0 aliphatic rings. The molecule has 0 aromatic carbocycles. The Morgan fingerprint density at radius 2 is 1.07 bits per heavy atom. The Kier molecular flexibility index (Phi) is 10.3. The van der Waals surface area contributed by atoms with E-state index in [9.17, 15) is 0 Å².